The highest BCUT2D eigenvalue weighted by Crippen LogP contribution is 2.31. The van der Waals surface area contributed by atoms with E-state index in [2.05, 4.69) is 48.6 Å². The number of fused-ring (bicyclic) bond motifs is 8. The minimum Gasteiger partial charge on any atom is -0.0795 e. The Kier molecular flexibility index (Phi) is 1.69. The summed E-state index contributed by atoms with van der Waals surface area (Å²) in [7, 11) is 0. The lowest BCUT2D eigenvalue weighted by molar-refractivity contribution is 1.30. The van der Waals surface area contributed by atoms with E-state index in [9.17, 15) is 0 Å². The van der Waals surface area contributed by atoms with Crippen LogP contribution in [0.3, 0.4) is 0 Å². The molecular weight excluding hydrogens is 228 g/mol. The third-order valence-corrected chi connectivity index (χ3v) is 4.72. The topological polar surface area (TPSA) is 0 Å². The van der Waals surface area contributed by atoms with Crippen molar-refractivity contribution in [3.8, 4) is 0 Å². The van der Waals surface area contributed by atoms with Gasteiger partial charge in [0.2, 0.25) is 0 Å². The molecule has 2 aromatic rings. The van der Waals surface area contributed by atoms with Gasteiger partial charge in [-0.1, -0.05) is 48.6 Å². The van der Waals surface area contributed by atoms with Gasteiger partial charge in [-0.3, -0.25) is 0 Å². The van der Waals surface area contributed by atoms with Crippen LogP contribution in [0.1, 0.15) is 28.7 Å². The van der Waals surface area contributed by atoms with Crippen LogP contribution < -0.4 is 10.4 Å². The van der Waals surface area contributed by atoms with Gasteiger partial charge >= 0.3 is 0 Å². The standard InChI is InChI=1S/C19H14/c1-4-12-10-11-18-16-7-2-6-14(16)15-8-3-9-17(15)19(18)13(12)5-1/h1-2,4,6,8-11H,3,5,7H2. The number of allylic oxidation sites excluding steroid dienone is 2. The molecule has 3 aliphatic rings. The Balaban J connectivity index is 2.12. The number of rotatable bonds is 0. The van der Waals surface area contributed by atoms with Crippen molar-refractivity contribution in [3.05, 3.63) is 57.0 Å². The quantitative estimate of drug-likeness (QED) is 0.666. The van der Waals surface area contributed by atoms with E-state index in [-0.39, 0.29) is 0 Å². The first-order valence-corrected chi connectivity index (χ1v) is 7.07. The van der Waals surface area contributed by atoms with E-state index >= 15 is 0 Å². The summed E-state index contributed by atoms with van der Waals surface area (Å²) in [6.45, 7) is 0. The Morgan fingerprint density at radius 3 is 2.63 bits per heavy atom. The second kappa shape index (κ2) is 3.27. The van der Waals surface area contributed by atoms with Gasteiger partial charge in [-0.15, -0.1) is 0 Å². The molecule has 0 fully saturated rings. The molecule has 0 unspecified atom stereocenters. The summed E-state index contributed by atoms with van der Waals surface area (Å²) in [5.74, 6) is 0. The van der Waals surface area contributed by atoms with Gasteiger partial charge in [0.25, 0.3) is 0 Å². The van der Waals surface area contributed by atoms with Crippen molar-refractivity contribution in [2.75, 3.05) is 0 Å². The Morgan fingerprint density at radius 1 is 0.789 bits per heavy atom. The Morgan fingerprint density at radius 2 is 1.63 bits per heavy atom. The predicted octanol–water partition coefficient (Wildman–Crippen LogP) is 2.94. The van der Waals surface area contributed by atoms with E-state index in [0.29, 0.717) is 0 Å². The van der Waals surface area contributed by atoms with Gasteiger partial charge in [-0.2, -0.15) is 0 Å². The van der Waals surface area contributed by atoms with E-state index in [1.165, 1.54) is 43.5 Å². The fraction of sp³-hybridized carbons (Fsp3) is 0.158. The summed E-state index contributed by atoms with van der Waals surface area (Å²) in [5, 5.41) is 5.97. The number of hydrogen-bond acceptors (Lipinski definition) is 0. The first-order chi connectivity index (χ1) is 9.43. The Labute approximate surface area is 112 Å². The summed E-state index contributed by atoms with van der Waals surface area (Å²) in [6, 6.07) is 4.63. The predicted molar refractivity (Wildman–Crippen MR) is 82.2 cm³/mol. The maximum absolute atomic E-state index is 2.41. The zero-order valence-corrected chi connectivity index (χ0v) is 10.7. The molecule has 0 heterocycles. The van der Waals surface area contributed by atoms with Crippen molar-refractivity contribution in [2.24, 2.45) is 0 Å². The maximum atomic E-state index is 2.41. The van der Waals surface area contributed by atoms with Gasteiger partial charge in [0.15, 0.2) is 0 Å². The summed E-state index contributed by atoms with van der Waals surface area (Å²) >= 11 is 0. The van der Waals surface area contributed by atoms with Crippen molar-refractivity contribution in [3.63, 3.8) is 0 Å². The van der Waals surface area contributed by atoms with Crippen molar-refractivity contribution in [1.29, 1.82) is 0 Å². The molecule has 0 aliphatic heterocycles. The van der Waals surface area contributed by atoms with E-state index < -0.39 is 0 Å². The number of benzene rings is 2. The van der Waals surface area contributed by atoms with E-state index in [1.807, 2.05) is 0 Å². The molecule has 0 amide bonds. The van der Waals surface area contributed by atoms with Crippen molar-refractivity contribution >= 4 is 35.1 Å². The SMILES string of the molecule is C1=Cc2c(c3ccc4c(c3c3c2=CCC=3)CC=C4)C1. The smallest absolute Gasteiger partial charge is 0.00641 e. The summed E-state index contributed by atoms with van der Waals surface area (Å²) < 4.78 is 0. The molecule has 2 aromatic carbocycles. The molecule has 0 heteroatoms. The molecule has 0 aromatic heterocycles. The van der Waals surface area contributed by atoms with Crippen molar-refractivity contribution in [2.45, 2.75) is 19.3 Å². The Bertz CT molecular complexity index is 921. The van der Waals surface area contributed by atoms with Crippen LogP contribution in [0.25, 0.3) is 35.1 Å². The monoisotopic (exact) mass is 242 g/mol. The summed E-state index contributed by atoms with van der Waals surface area (Å²) in [6.07, 6.45) is 17.3. The third-order valence-electron chi connectivity index (χ3n) is 4.72. The van der Waals surface area contributed by atoms with Gasteiger partial charge in [-0.05, 0) is 62.7 Å². The Hall–Kier alpha value is -2.08. The normalized spacial score (nSPS) is 17.3. The highest BCUT2D eigenvalue weighted by atomic mass is 14.2. The summed E-state index contributed by atoms with van der Waals surface area (Å²) in [4.78, 5) is 0. The van der Waals surface area contributed by atoms with E-state index in [0.717, 1.165) is 19.3 Å². The van der Waals surface area contributed by atoms with Crippen LogP contribution in [0, 0.1) is 0 Å². The van der Waals surface area contributed by atoms with Crippen LogP contribution in [0.5, 0.6) is 0 Å². The van der Waals surface area contributed by atoms with Gasteiger partial charge < -0.3 is 0 Å². The lowest BCUT2D eigenvalue weighted by Crippen LogP contribution is -2.27. The lowest BCUT2D eigenvalue weighted by atomic mass is 9.92. The molecule has 90 valence electrons. The van der Waals surface area contributed by atoms with Crippen LogP contribution in [0.2, 0.25) is 0 Å². The highest BCUT2D eigenvalue weighted by Gasteiger charge is 2.18. The van der Waals surface area contributed by atoms with Crippen molar-refractivity contribution in [1.82, 2.24) is 0 Å². The van der Waals surface area contributed by atoms with Crippen LogP contribution in [-0.2, 0) is 12.8 Å². The average Bonchev–Trinajstić information content (AvgIpc) is 3.17. The van der Waals surface area contributed by atoms with E-state index in [1.54, 1.807) is 0 Å². The van der Waals surface area contributed by atoms with Crippen LogP contribution >= 0.6 is 0 Å². The first-order valence-electron chi connectivity index (χ1n) is 7.07. The van der Waals surface area contributed by atoms with Crippen LogP contribution in [0.15, 0.2) is 24.3 Å². The molecule has 3 aliphatic carbocycles. The van der Waals surface area contributed by atoms with Gasteiger partial charge in [0, 0.05) is 0 Å². The molecule has 19 heavy (non-hydrogen) atoms. The molecule has 0 saturated heterocycles. The molecule has 0 spiro atoms. The largest absolute Gasteiger partial charge is 0.0795 e. The maximum Gasteiger partial charge on any atom is -0.00641 e. The van der Waals surface area contributed by atoms with Gasteiger partial charge in [0.05, 0.1) is 0 Å². The molecule has 0 saturated carbocycles. The molecule has 5 rings (SSSR count). The average molecular weight is 242 g/mol. The fourth-order valence-corrected chi connectivity index (χ4v) is 3.92. The minimum absolute atomic E-state index is 1.09. The minimum atomic E-state index is 1.09. The fourth-order valence-electron chi connectivity index (χ4n) is 3.92. The molecule has 0 radical (unpaired) electrons. The lowest BCUT2D eigenvalue weighted by Gasteiger charge is -2.12. The molecule has 0 bridgehead atoms. The highest BCUT2D eigenvalue weighted by molar-refractivity contribution is 5.97. The summed E-state index contributed by atoms with van der Waals surface area (Å²) in [5.41, 5.74) is 5.97. The zero-order valence-electron chi connectivity index (χ0n) is 10.7. The second-order valence-corrected chi connectivity index (χ2v) is 5.63. The molecule has 0 N–H and O–H groups in total. The van der Waals surface area contributed by atoms with E-state index in [4.69, 9.17) is 0 Å². The van der Waals surface area contributed by atoms with Gasteiger partial charge in [-0.25, -0.2) is 0 Å². The third kappa shape index (κ3) is 1.10. The zero-order chi connectivity index (χ0) is 12.4. The van der Waals surface area contributed by atoms with Crippen LogP contribution in [0.4, 0.5) is 0 Å². The van der Waals surface area contributed by atoms with Crippen molar-refractivity contribution < 1.29 is 0 Å². The first kappa shape index (κ1) is 9.80. The number of hydrogen-bond donors (Lipinski definition) is 0. The van der Waals surface area contributed by atoms with Gasteiger partial charge in [0.1, 0.15) is 0 Å². The van der Waals surface area contributed by atoms with Crippen LogP contribution in [-0.4, -0.2) is 0 Å². The molecule has 0 atom stereocenters. The molecule has 0 nitrogen and oxygen atoms in total. The second-order valence-electron chi connectivity index (χ2n) is 5.63. The molecular formula is C19H14.